The van der Waals surface area contributed by atoms with E-state index in [0.717, 1.165) is 0 Å². The largest absolute Gasteiger partial charge is 0.497 e. The number of rotatable bonds is 6. The SMILES string of the molecule is COc1ccc(OC)c(NC(=O)/C(C#N)=C\Nc2ccc(Cl)cn2)c1. The third kappa shape index (κ3) is 4.86. The first-order chi connectivity index (χ1) is 12.1. The van der Waals surface area contributed by atoms with Gasteiger partial charge in [-0.15, -0.1) is 0 Å². The van der Waals surface area contributed by atoms with Crippen molar-refractivity contribution in [3.63, 3.8) is 0 Å². The fraction of sp³-hybridized carbons (Fsp3) is 0.118. The zero-order chi connectivity index (χ0) is 18.2. The lowest BCUT2D eigenvalue weighted by molar-refractivity contribution is -0.112. The number of nitriles is 1. The van der Waals surface area contributed by atoms with Gasteiger partial charge in [-0.25, -0.2) is 4.98 Å². The number of anilines is 2. The summed E-state index contributed by atoms with van der Waals surface area (Å²) in [5.74, 6) is 0.834. The van der Waals surface area contributed by atoms with Crippen LogP contribution in [0.1, 0.15) is 0 Å². The van der Waals surface area contributed by atoms with Gasteiger partial charge in [0.15, 0.2) is 0 Å². The summed E-state index contributed by atoms with van der Waals surface area (Å²) in [6.45, 7) is 0. The van der Waals surface area contributed by atoms with Gasteiger partial charge in [-0.3, -0.25) is 4.79 Å². The van der Waals surface area contributed by atoms with E-state index < -0.39 is 5.91 Å². The summed E-state index contributed by atoms with van der Waals surface area (Å²) >= 11 is 5.75. The summed E-state index contributed by atoms with van der Waals surface area (Å²) in [6, 6.07) is 10.0. The zero-order valence-corrected chi connectivity index (χ0v) is 14.3. The van der Waals surface area contributed by atoms with E-state index in [0.29, 0.717) is 28.0 Å². The van der Waals surface area contributed by atoms with Crippen LogP contribution in [0.2, 0.25) is 5.02 Å². The predicted molar refractivity (Wildman–Crippen MR) is 94.7 cm³/mol. The van der Waals surface area contributed by atoms with Crippen LogP contribution in [0.4, 0.5) is 11.5 Å². The number of methoxy groups -OCH3 is 2. The molecule has 0 spiro atoms. The van der Waals surface area contributed by atoms with Crippen LogP contribution in [-0.4, -0.2) is 25.1 Å². The second kappa shape index (κ2) is 8.57. The molecule has 1 aromatic carbocycles. The Morgan fingerprint density at radius 1 is 1.28 bits per heavy atom. The number of carbonyl (C=O) groups excluding carboxylic acids is 1. The molecule has 2 aromatic rings. The Morgan fingerprint density at radius 2 is 2.08 bits per heavy atom. The molecule has 0 unspecified atom stereocenters. The number of nitrogens with one attached hydrogen (secondary N) is 2. The van der Waals surface area contributed by atoms with E-state index in [9.17, 15) is 10.1 Å². The second-order valence-corrected chi connectivity index (χ2v) is 5.13. The molecule has 1 amide bonds. The lowest BCUT2D eigenvalue weighted by Crippen LogP contribution is -2.15. The number of nitrogens with zero attached hydrogens (tertiary/aromatic N) is 2. The Kier molecular flexibility index (Phi) is 6.20. The van der Waals surface area contributed by atoms with Crippen LogP contribution in [0.15, 0.2) is 48.3 Å². The van der Waals surface area contributed by atoms with Gasteiger partial charge in [0, 0.05) is 18.5 Å². The maximum absolute atomic E-state index is 12.3. The molecule has 2 N–H and O–H groups in total. The van der Waals surface area contributed by atoms with Crippen LogP contribution in [0.3, 0.4) is 0 Å². The maximum atomic E-state index is 12.3. The number of benzene rings is 1. The molecule has 0 bridgehead atoms. The molecule has 2 rings (SSSR count). The number of carbonyl (C=O) groups is 1. The quantitative estimate of drug-likeness (QED) is 0.608. The van der Waals surface area contributed by atoms with Gasteiger partial charge in [0.05, 0.1) is 24.9 Å². The molecule has 0 aliphatic carbocycles. The normalized spacial score (nSPS) is 10.6. The van der Waals surface area contributed by atoms with Gasteiger partial charge >= 0.3 is 0 Å². The smallest absolute Gasteiger partial charge is 0.267 e. The summed E-state index contributed by atoms with van der Waals surface area (Å²) in [4.78, 5) is 16.3. The lowest BCUT2D eigenvalue weighted by Gasteiger charge is -2.11. The Morgan fingerprint density at radius 3 is 2.68 bits per heavy atom. The van der Waals surface area contributed by atoms with Gasteiger partial charge in [0.25, 0.3) is 5.91 Å². The minimum atomic E-state index is -0.601. The monoisotopic (exact) mass is 358 g/mol. The van der Waals surface area contributed by atoms with Crippen molar-refractivity contribution in [2.45, 2.75) is 0 Å². The standard InChI is InChI=1S/C17H15ClN4O3/c1-24-13-4-5-15(25-2)14(7-13)22-17(23)11(8-19)9-20-16-6-3-12(18)10-21-16/h3-7,9-10H,1-2H3,(H,20,21)(H,22,23)/b11-9-. The third-order valence-electron chi connectivity index (χ3n) is 3.11. The van der Waals surface area contributed by atoms with Gasteiger partial charge in [-0.05, 0) is 24.3 Å². The highest BCUT2D eigenvalue weighted by Gasteiger charge is 2.13. The van der Waals surface area contributed by atoms with Crippen molar-refractivity contribution in [1.29, 1.82) is 5.26 Å². The first-order valence-electron chi connectivity index (χ1n) is 7.09. The van der Waals surface area contributed by atoms with Crippen LogP contribution in [-0.2, 0) is 4.79 Å². The highest BCUT2D eigenvalue weighted by Crippen LogP contribution is 2.29. The molecule has 0 atom stereocenters. The summed E-state index contributed by atoms with van der Waals surface area (Å²) in [7, 11) is 2.99. The molecule has 0 saturated heterocycles. The molecule has 1 aromatic heterocycles. The number of pyridine rings is 1. The third-order valence-corrected chi connectivity index (χ3v) is 3.34. The maximum Gasteiger partial charge on any atom is 0.267 e. The van der Waals surface area contributed by atoms with Crippen LogP contribution in [0.5, 0.6) is 11.5 Å². The van der Waals surface area contributed by atoms with Crippen molar-refractivity contribution >= 4 is 29.0 Å². The van der Waals surface area contributed by atoms with Gasteiger partial charge in [0.1, 0.15) is 29.0 Å². The molecular weight excluding hydrogens is 344 g/mol. The van der Waals surface area contributed by atoms with Crippen LogP contribution in [0.25, 0.3) is 0 Å². The van der Waals surface area contributed by atoms with Crippen LogP contribution < -0.4 is 20.1 Å². The molecule has 0 radical (unpaired) electrons. The molecule has 0 fully saturated rings. The van der Waals surface area contributed by atoms with Crippen molar-refractivity contribution in [3.05, 3.63) is 53.3 Å². The van der Waals surface area contributed by atoms with E-state index in [1.807, 2.05) is 6.07 Å². The number of hydrogen-bond donors (Lipinski definition) is 2. The first-order valence-corrected chi connectivity index (χ1v) is 7.47. The van der Waals surface area contributed by atoms with Crippen molar-refractivity contribution < 1.29 is 14.3 Å². The van der Waals surface area contributed by atoms with Crippen molar-refractivity contribution in [1.82, 2.24) is 4.98 Å². The number of aromatic nitrogens is 1. The van der Waals surface area contributed by atoms with Gasteiger partial charge in [-0.2, -0.15) is 5.26 Å². The predicted octanol–water partition coefficient (Wildman–Crippen LogP) is 3.21. The number of hydrogen-bond acceptors (Lipinski definition) is 6. The van der Waals surface area contributed by atoms with Gasteiger partial charge in [-0.1, -0.05) is 11.6 Å². The average molecular weight is 359 g/mol. The Labute approximate surface area is 149 Å². The van der Waals surface area contributed by atoms with Gasteiger partial charge in [0.2, 0.25) is 0 Å². The molecule has 0 aliphatic heterocycles. The topological polar surface area (TPSA) is 96.3 Å². The number of halogens is 1. The molecule has 8 heteroatoms. The summed E-state index contributed by atoms with van der Waals surface area (Å²) < 4.78 is 10.3. The van der Waals surface area contributed by atoms with Crippen molar-refractivity contribution in [2.75, 3.05) is 24.9 Å². The van der Waals surface area contributed by atoms with Gasteiger partial charge < -0.3 is 20.1 Å². The Hall–Kier alpha value is -3.24. The summed E-state index contributed by atoms with van der Waals surface area (Å²) in [6.07, 6.45) is 2.71. The highest BCUT2D eigenvalue weighted by molar-refractivity contribution is 6.30. The minimum Gasteiger partial charge on any atom is -0.497 e. The van der Waals surface area contributed by atoms with E-state index in [4.69, 9.17) is 21.1 Å². The summed E-state index contributed by atoms with van der Waals surface area (Å²) in [5.41, 5.74) is 0.249. The first kappa shape index (κ1) is 18.1. The molecule has 25 heavy (non-hydrogen) atoms. The van der Waals surface area contributed by atoms with E-state index >= 15 is 0 Å². The van der Waals surface area contributed by atoms with Crippen LogP contribution >= 0.6 is 11.6 Å². The van der Waals surface area contributed by atoms with E-state index in [1.54, 1.807) is 30.3 Å². The van der Waals surface area contributed by atoms with Crippen LogP contribution in [0, 0.1) is 11.3 Å². The molecular formula is C17H15ClN4O3. The van der Waals surface area contributed by atoms with E-state index in [1.165, 1.54) is 26.6 Å². The van der Waals surface area contributed by atoms with Crippen molar-refractivity contribution in [3.8, 4) is 17.6 Å². The average Bonchev–Trinajstić information content (AvgIpc) is 2.63. The Bertz CT molecular complexity index is 829. The second-order valence-electron chi connectivity index (χ2n) is 4.70. The molecule has 0 saturated carbocycles. The van der Waals surface area contributed by atoms with E-state index in [-0.39, 0.29) is 5.57 Å². The minimum absolute atomic E-state index is 0.137. The molecule has 7 nitrogen and oxygen atoms in total. The fourth-order valence-corrected chi connectivity index (χ4v) is 1.97. The highest BCUT2D eigenvalue weighted by atomic mass is 35.5. The molecule has 128 valence electrons. The molecule has 0 aliphatic rings. The molecule has 1 heterocycles. The van der Waals surface area contributed by atoms with E-state index in [2.05, 4.69) is 15.6 Å². The number of amides is 1. The lowest BCUT2D eigenvalue weighted by atomic mass is 10.2. The fourth-order valence-electron chi connectivity index (χ4n) is 1.86. The van der Waals surface area contributed by atoms with Crippen molar-refractivity contribution in [2.24, 2.45) is 0 Å². The zero-order valence-electron chi connectivity index (χ0n) is 13.5. The number of ether oxygens (including phenoxy) is 2. The summed E-state index contributed by atoms with van der Waals surface area (Å²) in [5, 5.41) is 15.1. The Balaban J connectivity index is 2.16.